The summed E-state index contributed by atoms with van der Waals surface area (Å²) in [5.74, 6) is -1.52. The van der Waals surface area contributed by atoms with Gasteiger partial charge in [-0.25, -0.2) is 9.59 Å². The molecule has 20 heavy (non-hydrogen) atoms. The van der Waals surface area contributed by atoms with Crippen molar-refractivity contribution in [3.8, 4) is 0 Å². The molecular formula is C12H21N3O5. The third kappa shape index (κ3) is 4.69. The zero-order chi connectivity index (χ0) is 15.1. The lowest BCUT2D eigenvalue weighted by atomic mass is 10.1. The second-order valence-electron chi connectivity index (χ2n) is 4.80. The van der Waals surface area contributed by atoms with E-state index in [1.165, 1.54) is 0 Å². The van der Waals surface area contributed by atoms with Crippen LogP contribution in [-0.4, -0.2) is 64.8 Å². The molecule has 1 aliphatic rings. The number of rotatable bonds is 5. The molecule has 0 aliphatic carbocycles. The number of aliphatic carboxylic acids is 1. The second-order valence-corrected chi connectivity index (χ2v) is 4.80. The highest BCUT2D eigenvalue weighted by atomic mass is 16.4. The summed E-state index contributed by atoms with van der Waals surface area (Å²) in [6.07, 6.45) is 3.01. The molecule has 0 aromatic heterocycles. The van der Waals surface area contributed by atoms with Gasteiger partial charge in [-0.1, -0.05) is 0 Å². The number of urea groups is 1. The van der Waals surface area contributed by atoms with Crippen LogP contribution in [0.3, 0.4) is 0 Å². The van der Waals surface area contributed by atoms with Gasteiger partial charge >= 0.3 is 12.0 Å². The fourth-order valence-corrected chi connectivity index (χ4v) is 2.03. The standard InChI is InChI=1S/C12H21N3O5/c1-8(10(17)15-5-3-2-4-6-15)13-12(20)14-9(7-16)11(18)19/h8-9,16H,2-7H2,1H3,(H,18,19)(H2,13,14,20)/t8?,9-/m0/s1. The summed E-state index contributed by atoms with van der Waals surface area (Å²) < 4.78 is 0. The van der Waals surface area contributed by atoms with Crippen LogP contribution < -0.4 is 10.6 Å². The molecule has 1 saturated heterocycles. The average molecular weight is 287 g/mol. The summed E-state index contributed by atoms with van der Waals surface area (Å²) in [7, 11) is 0. The van der Waals surface area contributed by atoms with E-state index in [2.05, 4.69) is 10.6 Å². The maximum absolute atomic E-state index is 12.0. The van der Waals surface area contributed by atoms with Crippen LogP contribution in [0.15, 0.2) is 0 Å². The highest BCUT2D eigenvalue weighted by molar-refractivity contribution is 5.88. The number of piperidine rings is 1. The monoisotopic (exact) mass is 287 g/mol. The Labute approximate surface area is 117 Å². The molecule has 8 heteroatoms. The first kappa shape index (κ1) is 16.2. The molecule has 1 rings (SSSR count). The summed E-state index contributed by atoms with van der Waals surface area (Å²) in [6.45, 7) is 2.20. The Bertz CT molecular complexity index is 368. The second kappa shape index (κ2) is 7.68. The van der Waals surface area contributed by atoms with Crippen LogP contribution in [-0.2, 0) is 9.59 Å². The lowest BCUT2D eigenvalue weighted by Gasteiger charge is -2.29. The number of aliphatic hydroxyl groups is 1. The summed E-state index contributed by atoms with van der Waals surface area (Å²) in [5, 5.41) is 22.0. The van der Waals surface area contributed by atoms with Crippen molar-refractivity contribution >= 4 is 17.9 Å². The molecule has 1 unspecified atom stereocenters. The molecule has 0 bridgehead atoms. The van der Waals surface area contributed by atoms with Crippen LogP contribution in [0.25, 0.3) is 0 Å². The average Bonchev–Trinajstić information content (AvgIpc) is 2.44. The minimum atomic E-state index is -1.38. The highest BCUT2D eigenvalue weighted by Crippen LogP contribution is 2.09. The number of likely N-dealkylation sites (tertiary alicyclic amines) is 1. The molecule has 0 radical (unpaired) electrons. The molecule has 114 valence electrons. The van der Waals surface area contributed by atoms with Gasteiger partial charge in [0.25, 0.3) is 0 Å². The zero-order valence-corrected chi connectivity index (χ0v) is 11.5. The van der Waals surface area contributed by atoms with Gasteiger partial charge in [0.05, 0.1) is 6.61 Å². The third-order valence-electron chi connectivity index (χ3n) is 3.17. The van der Waals surface area contributed by atoms with Crippen molar-refractivity contribution in [1.82, 2.24) is 15.5 Å². The molecule has 0 spiro atoms. The Kier molecular flexibility index (Phi) is 6.23. The lowest BCUT2D eigenvalue weighted by Crippen LogP contribution is -2.54. The van der Waals surface area contributed by atoms with Gasteiger partial charge in [-0.2, -0.15) is 0 Å². The smallest absolute Gasteiger partial charge is 0.328 e. The quantitative estimate of drug-likeness (QED) is 0.524. The molecular weight excluding hydrogens is 266 g/mol. The van der Waals surface area contributed by atoms with Crippen molar-refractivity contribution in [2.75, 3.05) is 19.7 Å². The fraction of sp³-hybridized carbons (Fsp3) is 0.750. The van der Waals surface area contributed by atoms with E-state index >= 15 is 0 Å². The minimum Gasteiger partial charge on any atom is -0.480 e. The van der Waals surface area contributed by atoms with E-state index in [4.69, 9.17) is 10.2 Å². The van der Waals surface area contributed by atoms with E-state index in [0.29, 0.717) is 13.1 Å². The summed E-state index contributed by atoms with van der Waals surface area (Å²) >= 11 is 0. The van der Waals surface area contributed by atoms with E-state index in [0.717, 1.165) is 19.3 Å². The maximum Gasteiger partial charge on any atom is 0.328 e. The summed E-state index contributed by atoms with van der Waals surface area (Å²) in [6, 6.07) is -2.90. The number of nitrogens with zero attached hydrogens (tertiary/aromatic N) is 1. The SMILES string of the molecule is CC(NC(=O)N[C@@H](CO)C(=O)O)C(=O)N1CCCCC1. The molecule has 3 amide bonds. The highest BCUT2D eigenvalue weighted by Gasteiger charge is 2.25. The largest absolute Gasteiger partial charge is 0.480 e. The number of carbonyl (C=O) groups is 3. The van der Waals surface area contributed by atoms with Crippen LogP contribution in [0.4, 0.5) is 4.79 Å². The molecule has 0 saturated carbocycles. The minimum absolute atomic E-state index is 0.185. The molecule has 0 aromatic rings. The maximum atomic E-state index is 12.0. The Balaban J connectivity index is 2.43. The van der Waals surface area contributed by atoms with Gasteiger partial charge in [0, 0.05) is 13.1 Å². The first-order valence-corrected chi connectivity index (χ1v) is 6.65. The summed E-state index contributed by atoms with van der Waals surface area (Å²) in [5.41, 5.74) is 0. The van der Waals surface area contributed by atoms with Gasteiger partial charge in [-0.05, 0) is 26.2 Å². The van der Waals surface area contributed by atoms with Crippen LogP contribution in [0, 0.1) is 0 Å². The molecule has 1 heterocycles. The van der Waals surface area contributed by atoms with E-state index in [1.807, 2.05) is 0 Å². The number of carboxylic acids is 1. The van der Waals surface area contributed by atoms with Crippen molar-refractivity contribution in [3.05, 3.63) is 0 Å². The number of hydrogen-bond acceptors (Lipinski definition) is 4. The third-order valence-corrected chi connectivity index (χ3v) is 3.17. The number of carbonyl (C=O) groups excluding carboxylic acids is 2. The normalized spacial score (nSPS) is 18.0. The van der Waals surface area contributed by atoms with E-state index < -0.39 is 30.7 Å². The Hall–Kier alpha value is -1.83. The van der Waals surface area contributed by atoms with Crippen LogP contribution >= 0.6 is 0 Å². The van der Waals surface area contributed by atoms with E-state index in [-0.39, 0.29) is 5.91 Å². The molecule has 2 atom stereocenters. The van der Waals surface area contributed by atoms with E-state index in [1.54, 1.807) is 11.8 Å². The zero-order valence-electron chi connectivity index (χ0n) is 11.5. The number of nitrogens with one attached hydrogen (secondary N) is 2. The number of hydrogen-bond donors (Lipinski definition) is 4. The predicted octanol–water partition coefficient (Wildman–Crippen LogP) is -0.868. The molecule has 4 N–H and O–H groups in total. The molecule has 1 aliphatic heterocycles. The fourth-order valence-electron chi connectivity index (χ4n) is 2.03. The van der Waals surface area contributed by atoms with Crippen molar-refractivity contribution < 1.29 is 24.6 Å². The number of amides is 3. The number of aliphatic hydroxyl groups excluding tert-OH is 1. The van der Waals surface area contributed by atoms with Gasteiger partial charge < -0.3 is 25.7 Å². The molecule has 0 aromatic carbocycles. The van der Waals surface area contributed by atoms with Crippen LogP contribution in [0.1, 0.15) is 26.2 Å². The predicted molar refractivity (Wildman–Crippen MR) is 70.1 cm³/mol. The topological polar surface area (TPSA) is 119 Å². The first-order valence-electron chi connectivity index (χ1n) is 6.65. The van der Waals surface area contributed by atoms with Gasteiger partial charge in [0.2, 0.25) is 5.91 Å². The first-order chi connectivity index (χ1) is 9.45. The van der Waals surface area contributed by atoms with Crippen molar-refractivity contribution in [1.29, 1.82) is 0 Å². The molecule has 8 nitrogen and oxygen atoms in total. The van der Waals surface area contributed by atoms with Gasteiger partial charge in [-0.15, -0.1) is 0 Å². The lowest BCUT2D eigenvalue weighted by molar-refractivity contribution is -0.140. The van der Waals surface area contributed by atoms with Crippen LogP contribution in [0.2, 0.25) is 0 Å². The van der Waals surface area contributed by atoms with Crippen molar-refractivity contribution in [2.45, 2.75) is 38.3 Å². The van der Waals surface area contributed by atoms with Crippen molar-refractivity contribution in [2.24, 2.45) is 0 Å². The van der Waals surface area contributed by atoms with Crippen LogP contribution in [0.5, 0.6) is 0 Å². The Morgan fingerprint density at radius 3 is 2.25 bits per heavy atom. The summed E-state index contributed by atoms with van der Waals surface area (Å²) in [4.78, 5) is 35.9. The van der Waals surface area contributed by atoms with E-state index in [9.17, 15) is 14.4 Å². The van der Waals surface area contributed by atoms with Gasteiger partial charge in [-0.3, -0.25) is 4.79 Å². The Morgan fingerprint density at radius 2 is 1.75 bits per heavy atom. The van der Waals surface area contributed by atoms with Gasteiger partial charge in [0.15, 0.2) is 6.04 Å². The van der Waals surface area contributed by atoms with Gasteiger partial charge in [0.1, 0.15) is 6.04 Å². The van der Waals surface area contributed by atoms with Crippen molar-refractivity contribution in [3.63, 3.8) is 0 Å². The number of carboxylic acid groups (broad SMARTS) is 1. The Morgan fingerprint density at radius 1 is 1.15 bits per heavy atom. The molecule has 1 fully saturated rings.